The van der Waals surface area contributed by atoms with Gasteiger partial charge in [0.2, 0.25) is 5.91 Å². The standard InChI is InChI=1S/C24H20N4O4/c1-32-21-9-5-4-8-19(21)26-23(30)15-10-12-16(13-11-15)25-22(29)14-20-17-6-2-3-7-18(17)24(31)28-27-20/h2-13H,14H2,1H3,(H,25,29)(H,26,30)(H,28,31). The molecule has 3 N–H and O–H groups in total. The number of anilines is 2. The summed E-state index contributed by atoms with van der Waals surface area (Å²) in [6.45, 7) is 0. The molecule has 8 nitrogen and oxygen atoms in total. The Kier molecular flexibility index (Phi) is 5.94. The number of methoxy groups -OCH3 is 1. The number of amides is 2. The predicted octanol–water partition coefficient (Wildman–Crippen LogP) is 3.37. The van der Waals surface area contributed by atoms with Gasteiger partial charge in [-0.2, -0.15) is 5.10 Å². The highest BCUT2D eigenvalue weighted by Crippen LogP contribution is 2.24. The maximum Gasteiger partial charge on any atom is 0.272 e. The first-order chi connectivity index (χ1) is 15.5. The number of hydrogen-bond donors (Lipinski definition) is 3. The number of nitrogens with zero attached hydrogens (tertiary/aromatic N) is 1. The molecule has 0 spiro atoms. The minimum atomic E-state index is -0.299. The van der Waals surface area contributed by atoms with E-state index in [1.165, 1.54) is 7.11 Å². The Labute approximate surface area is 183 Å². The van der Waals surface area contributed by atoms with E-state index in [0.717, 1.165) is 0 Å². The number of H-pyrrole nitrogens is 1. The highest BCUT2D eigenvalue weighted by atomic mass is 16.5. The van der Waals surface area contributed by atoms with Crippen molar-refractivity contribution in [2.45, 2.75) is 6.42 Å². The van der Waals surface area contributed by atoms with Gasteiger partial charge in [-0.05, 0) is 42.5 Å². The summed E-state index contributed by atoms with van der Waals surface area (Å²) < 4.78 is 5.24. The zero-order chi connectivity index (χ0) is 22.5. The van der Waals surface area contributed by atoms with Gasteiger partial charge in [0.25, 0.3) is 11.5 Å². The summed E-state index contributed by atoms with van der Waals surface area (Å²) in [7, 11) is 1.54. The third-order valence-corrected chi connectivity index (χ3v) is 4.89. The minimum Gasteiger partial charge on any atom is -0.495 e. The van der Waals surface area contributed by atoms with Crippen molar-refractivity contribution >= 4 is 34.0 Å². The molecule has 0 bridgehead atoms. The Hall–Kier alpha value is -4.46. The first-order valence-electron chi connectivity index (χ1n) is 9.86. The second-order valence-corrected chi connectivity index (χ2v) is 7.00. The number of rotatable bonds is 6. The van der Waals surface area contributed by atoms with Crippen LogP contribution >= 0.6 is 0 Å². The van der Waals surface area contributed by atoms with Gasteiger partial charge in [-0.3, -0.25) is 14.4 Å². The second-order valence-electron chi connectivity index (χ2n) is 7.00. The summed E-state index contributed by atoms with van der Waals surface area (Å²) in [4.78, 5) is 36.9. The SMILES string of the molecule is COc1ccccc1NC(=O)c1ccc(NC(=O)Cc2n[nH]c(=O)c3ccccc23)cc1. The quantitative estimate of drug-likeness (QED) is 0.436. The zero-order valence-electron chi connectivity index (χ0n) is 17.2. The van der Waals surface area contributed by atoms with Crippen LogP contribution in [0.25, 0.3) is 10.8 Å². The van der Waals surface area contributed by atoms with E-state index in [1.54, 1.807) is 66.7 Å². The van der Waals surface area contributed by atoms with Crippen molar-refractivity contribution in [3.63, 3.8) is 0 Å². The van der Waals surface area contributed by atoms with Crippen LogP contribution in [0.4, 0.5) is 11.4 Å². The van der Waals surface area contributed by atoms with E-state index in [1.807, 2.05) is 6.07 Å². The van der Waals surface area contributed by atoms with Crippen LogP contribution in [0.15, 0.2) is 77.6 Å². The highest BCUT2D eigenvalue weighted by molar-refractivity contribution is 6.05. The number of carbonyl (C=O) groups is 2. The van der Waals surface area contributed by atoms with Crippen LogP contribution in [-0.2, 0) is 11.2 Å². The molecule has 8 heteroatoms. The molecule has 0 fully saturated rings. The number of ether oxygens (including phenoxy) is 1. The van der Waals surface area contributed by atoms with Gasteiger partial charge in [-0.25, -0.2) is 5.10 Å². The molecule has 4 rings (SSSR count). The average Bonchev–Trinajstić information content (AvgIpc) is 2.82. The van der Waals surface area contributed by atoms with Crippen molar-refractivity contribution in [1.29, 1.82) is 0 Å². The van der Waals surface area contributed by atoms with E-state index in [4.69, 9.17) is 4.74 Å². The number of fused-ring (bicyclic) bond motifs is 1. The summed E-state index contributed by atoms with van der Waals surface area (Å²) in [5.41, 5.74) is 1.72. The fraction of sp³-hybridized carbons (Fsp3) is 0.0833. The monoisotopic (exact) mass is 428 g/mol. The van der Waals surface area contributed by atoms with Crippen LogP contribution in [0.5, 0.6) is 5.75 Å². The Morgan fingerprint density at radius 1 is 0.906 bits per heavy atom. The summed E-state index contributed by atoms with van der Waals surface area (Å²) in [6.07, 6.45) is -0.00661. The molecule has 1 aromatic heterocycles. The van der Waals surface area contributed by atoms with Crippen LogP contribution in [0.3, 0.4) is 0 Å². The molecule has 0 radical (unpaired) electrons. The van der Waals surface area contributed by atoms with Gasteiger partial charge in [0.15, 0.2) is 0 Å². The Morgan fingerprint density at radius 3 is 2.34 bits per heavy atom. The zero-order valence-corrected chi connectivity index (χ0v) is 17.2. The van der Waals surface area contributed by atoms with Crippen LogP contribution in [0.1, 0.15) is 16.1 Å². The summed E-state index contributed by atoms with van der Waals surface area (Å²) in [6, 6.07) is 20.7. The predicted molar refractivity (Wildman–Crippen MR) is 122 cm³/mol. The molecule has 3 aromatic carbocycles. The van der Waals surface area contributed by atoms with Crippen molar-refractivity contribution in [2.75, 3.05) is 17.7 Å². The number of hydrogen-bond acceptors (Lipinski definition) is 5. The number of nitrogens with one attached hydrogen (secondary N) is 3. The topological polar surface area (TPSA) is 113 Å². The molecule has 4 aromatic rings. The Balaban J connectivity index is 1.43. The number of para-hydroxylation sites is 2. The summed E-state index contributed by atoms with van der Waals surface area (Å²) >= 11 is 0. The molecule has 0 unspecified atom stereocenters. The van der Waals surface area contributed by atoms with Crippen molar-refractivity contribution in [1.82, 2.24) is 10.2 Å². The Morgan fingerprint density at radius 2 is 1.59 bits per heavy atom. The lowest BCUT2D eigenvalue weighted by Crippen LogP contribution is -2.18. The molecule has 32 heavy (non-hydrogen) atoms. The van der Waals surface area contributed by atoms with Crippen LogP contribution in [0, 0.1) is 0 Å². The lowest BCUT2D eigenvalue weighted by molar-refractivity contribution is -0.115. The summed E-state index contributed by atoms with van der Waals surface area (Å²) in [5, 5.41) is 13.1. The van der Waals surface area contributed by atoms with E-state index in [0.29, 0.717) is 39.2 Å². The van der Waals surface area contributed by atoms with Gasteiger partial charge >= 0.3 is 0 Å². The largest absolute Gasteiger partial charge is 0.495 e. The molecule has 2 amide bonds. The van der Waals surface area contributed by atoms with Gasteiger partial charge in [-0.1, -0.05) is 30.3 Å². The molecule has 160 valence electrons. The fourth-order valence-corrected chi connectivity index (χ4v) is 3.31. The third-order valence-electron chi connectivity index (χ3n) is 4.89. The smallest absolute Gasteiger partial charge is 0.272 e. The van der Waals surface area contributed by atoms with Crippen molar-refractivity contribution < 1.29 is 14.3 Å². The first-order valence-corrected chi connectivity index (χ1v) is 9.86. The minimum absolute atomic E-state index is 0.00661. The molecule has 0 saturated heterocycles. The Bertz CT molecular complexity index is 1350. The van der Waals surface area contributed by atoms with Crippen molar-refractivity contribution in [3.8, 4) is 5.75 Å². The van der Waals surface area contributed by atoms with E-state index >= 15 is 0 Å². The second kappa shape index (κ2) is 9.13. The molecule has 1 heterocycles. The van der Waals surface area contributed by atoms with Crippen molar-refractivity contribution in [3.05, 3.63) is 94.4 Å². The molecule has 0 aliphatic heterocycles. The molecule has 0 aliphatic carbocycles. The molecule has 0 atom stereocenters. The number of carbonyl (C=O) groups excluding carboxylic acids is 2. The number of benzene rings is 3. The van der Waals surface area contributed by atoms with E-state index < -0.39 is 0 Å². The van der Waals surface area contributed by atoms with Crippen LogP contribution in [-0.4, -0.2) is 29.1 Å². The lowest BCUT2D eigenvalue weighted by atomic mass is 10.1. The molecular weight excluding hydrogens is 408 g/mol. The maximum atomic E-state index is 12.5. The van der Waals surface area contributed by atoms with Crippen molar-refractivity contribution in [2.24, 2.45) is 0 Å². The third kappa shape index (κ3) is 4.49. The maximum absolute atomic E-state index is 12.5. The van der Waals surface area contributed by atoms with Gasteiger partial charge in [0.1, 0.15) is 5.75 Å². The highest BCUT2D eigenvalue weighted by Gasteiger charge is 2.12. The fourth-order valence-electron chi connectivity index (χ4n) is 3.31. The molecule has 0 saturated carbocycles. The number of aromatic nitrogens is 2. The molecular formula is C24H20N4O4. The van der Waals surface area contributed by atoms with Gasteiger partial charge in [-0.15, -0.1) is 0 Å². The molecule has 0 aliphatic rings. The lowest BCUT2D eigenvalue weighted by Gasteiger charge is -2.10. The number of aromatic amines is 1. The first kappa shape index (κ1) is 20.8. The van der Waals surface area contributed by atoms with E-state index in [-0.39, 0.29) is 23.8 Å². The van der Waals surface area contributed by atoms with Gasteiger partial charge < -0.3 is 15.4 Å². The van der Waals surface area contributed by atoms with Crippen LogP contribution in [0.2, 0.25) is 0 Å². The van der Waals surface area contributed by atoms with Gasteiger partial charge in [0.05, 0.1) is 30.3 Å². The van der Waals surface area contributed by atoms with Crippen LogP contribution < -0.4 is 20.9 Å². The summed E-state index contributed by atoms with van der Waals surface area (Å²) in [5.74, 6) is -0.0228. The van der Waals surface area contributed by atoms with Gasteiger partial charge in [0, 0.05) is 16.6 Å². The van der Waals surface area contributed by atoms with E-state index in [2.05, 4.69) is 20.8 Å². The normalized spacial score (nSPS) is 10.5. The average molecular weight is 428 g/mol. The van der Waals surface area contributed by atoms with E-state index in [9.17, 15) is 14.4 Å².